The summed E-state index contributed by atoms with van der Waals surface area (Å²) in [5, 5.41) is 4.63. The first kappa shape index (κ1) is 33.0. The summed E-state index contributed by atoms with van der Waals surface area (Å²) in [4.78, 5) is 33.8. The zero-order chi connectivity index (χ0) is 32.5. The van der Waals surface area contributed by atoms with Gasteiger partial charge in [-0.2, -0.15) is 5.10 Å². The Bertz CT molecular complexity index is 1370. The Labute approximate surface area is 274 Å². The van der Waals surface area contributed by atoms with Crippen LogP contribution in [0.25, 0.3) is 5.69 Å². The lowest BCUT2D eigenvalue weighted by atomic mass is 9.74. The number of halogens is 1. The molecule has 4 aliphatic rings. The minimum Gasteiger partial charge on any atom is -0.442 e. The number of carbonyl (C=O) groups excluding carboxylic acids is 2. The number of piperidine rings is 2. The molecule has 4 fully saturated rings. The van der Waals surface area contributed by atoms with Gasteiger partial charge >= 0.3 is 6.09 Å². The second-order valence-corrected chi connectivity index (χ2v) is 14.9. The van der Waals surface area contributed by atoms with Crippen LogP contribution >= 0.6 is 0 Å². The van der Waals surface area contributed by atoms with Gasteiger partial charge in [0.1, 0.15) is 11.4 Å². The number of ether oxygens (including phenoxy) is 1. The summed E-state index contributed by atoms with van der Waals surface area (Å²) in [5.74, 6) is 0.745. The van der Waals surface area contributed by atoms with Gasteiger partial charge < -0.3 is 14.5 Å². The Kier molecular flexibility index (Phi) is 9.79. The maximum absolute atomic E-state index is 13.8. The number of unbranched alkanes of at least 4 members (excludes halogenated alkanes) is 1. The number of aromatic nitrogens is 2. The number of rotatable bonds is 8. The fraction of sp³-hybridized carbons (Fsp3) is 0.703. The van der Waals surface area contributed by atoms with Crippen molar-refractivity contribution < 1.29 is 18.7 Å². The highest BCUT2D eigenvalue weighted by molar-refractivity contribution is 5.96. The van der Waals surface area contributed by atoms with E-state index >= 15 is 0 Å². The number of hydrogen-bond donors (Lipinski definition) is 0. The third kappa shape index (κ3) is 6.58. The van der Waals surface area contributed by atoms with Crippen molar-refractivity contribution >= 4 is 12.0 Å². The number of hydrogen-bond acceptors (Lipinski definition) is 5. The first-order valence-electron chi connectivity index (χ1n) is 18.0. The van der Waals surface area contributed by atoms with Crippen LogP contribution < -0.4 is 0 Å². The topological polar surface area (TPSA) is 70.9 Å². The van der Waals surface area contributed by atoms with E-state index in [2.05, 4.69) is 28.7 Å². The molecular weight excluding hydrogens is 581 g/mol. The second-order valence-electron chi connectivity index (χ2n) is 14.9. The van der Waals surface area contributed by atoms with Gasteiger partial charge in [0.15, 0.2) is 0 Å². The van der Waals surface area contributed by atoms with Crippen molar-refractivity contribution in [1.29, 1.82) is 0 Å². The molecule has 3 saturated heterocycles. The predicted octanol–water partition coefficient (Wildman–Crippen LogP) is 7.30. The van der Waals surface area contributed by atoms with E-state index in [0.29, 0.717) is 36.2 Å². The molecule has 0 N–H and O–H groups in total. The number of aryl methyl sites for hydroxylation is 1. The van der Waals surface area contributed by atoms with Crippen molar-refractivity contribution in [3.63, 3.8) is 0 Å². The van der Waals surface area contributed by atoms with E-state index in [4.69, 9.17) is 4.74 Å². The lowest BCUT2D eigenvalue weighted by molar-refractivity contribution is -0.134. The van der Waals surface area contributed by atoms with Crippen molar-refractivity contribution in [2.24, 2.45) is 11.8 Å². The first-order chi connectivity index (χ1) is 22.1. The molecule has 2 aromatic rings. The zero-order valence-corrected chi connectivity index (χ0v) is 28.5. The highest BCUT2D eigenvalue weighted by Gasteiger charge is 2.51. The molecule has 2 amide bonds. The average molecular weight is 636 g/mol. The number of benzene rings is 1. The van der Waals surface area contributed by atoms with Gasteiger partial charge in [0, 0.05) is 63.6 Å². The van der Waals surface area contributed by atoms with Crippen LogP contribution in [0.4, 0.5) is 9.18 Å². The summed E-state index contributed by atoms with van der Waals surface area (Å²) < 4.78 is 21.7. The van der Waals surface area contributed by atoms with Gasteiger partial charge in [-0.25, -0.2) is 13.9 Å². The largest absolute Gasteiger partial charge is 0.442 e. The Morgan fingerprint density at radius 3 is 2.33 bits per heavy atom. The monoisotopic (exact) mass is 635 g/mol. The van der Waals surface area contributed by atoms with Gasteiger partial charge in [-0.3, -0.25) is 9.69 Å². The molecular formula is C37H54FN5O3. The molecule has 9 heteroatoms. The molecule has 3 aliphatic heterocycles. The van der Waals surface area contributed by atoms with Crippen molar-refractivity contribution in [3.05, 3.63) is 47.0 Å². The summed E-state index contributed by atoms with van der Waals surface area (Å²) in [7, 11) is 0. The van der Waals surface area contributed by atoms with E-state index in [1.54, 1.807) is 16.8 Å². The molecule has 6 rings (SSSR count). The summed E-state index contributed by atoms with van der Waals surface area (Å²) >= 11 is 0. The maximum atomic E-state index is 13.8. The maximum Gasteiger partial charge on any atom is 0.410 e. The van der Waals surface area contributed by atoms with Crippen LogP contribution in [0.5, 0.6) is 0 Å². The Balaban J connectivity index is 1.07. The number of amides is 2. The number of nitrogens with zero attached hydrogens (tertiary/aromatic N) is 5. The zero-order valence-electron chi connectivity index (χ0n) is 28.5. The van der Waals surface area contributed by atoms with E-state index in [1.807, 2.05) is 18.7 Å². The summed E-state index contributed by atoms with van der Waals surface area (Å²) in [6, 6.07) is 6.20. The van der Waals surface area contributed by atoms with Gasteiger partial charge in [0.05, 0.1) is 22.6 Å². The lowest BCUT2D eigenvalue weighted by Gasteiger charge is -2.55. The Morgan fingerprint density at radius 2 is 1.67 bits per heavy atom. The molecule has 252 valence electrons. The molecule has 0 radical (unpaired) electrons. The molecule has 1 aliphatic carbocycles. The summed E-state index contributed by atoms with van der Waals surface area (Å²) in [5.41, 5.74) is 2.51. The van der Waals surface area contributed by atoms with Crippen LogP contribution in [-0.4, -0.2) is 86.9 Å². The lowest BCUT2D eigenvalue weighted by Crippen LogP contribution is -2.63. The molecule has 1 atom stereocenters. The molecule has 46 heavy (non-hydrogen) atoms. The highest BCUT2D eigenvalue weighted by atomic mass is 19.1. The van der Waals surface area contributed by atoms with Crippen LogP contribution in [0.3, 0.4) is 0 Å². The average Bonchev–Trinajstić information content (AvgIpc) is 3.36. The third-order valence-electron chi connectivity index (χ3n) is 11.9. The van der Waals surface area contributed by atoms with Gasteiger partial charge in [0.25, 0.3) is 5.91 Å². The van der Waals surface area contributed by atoms with E-state index in [9.17, 15) is 14.0 Å². The standard InChI is InChI=1S/C37H54FN5O3/c1-5-6-12-30-26-41(25-29-10-8-7-9-11-29)35(45)46-37(30)19-23-42(24-20-37)36(4)17-21-40(22-18-36)34(44)33-27(2)39-43(28(33)3)32-15-13-31(38)14-16-32/h13-16,29-30H,5-12,17-26H2,1-4H3. The predicted molar refractivity (Wildman–Crippen MR) is 178 cm³/mol. The SMILES string of the molecule is CCCCC1CN(CC2CCCCC2)C(=O)OC12CCN(C1(C)CCN(C(=O)c3c(C)nn(-c4ccc(F)cc4)c3C)CC1)CC2. The van der Waals surface area contributed by atoms with E-state index in [-0.39, 0.29) is 29.0 Å². The second kappa shape index (κ2) is 13.7. The van der Waals surface area contributed by atoms with Crippen LogP contribution in [0.2, 0.25) is 0 Å². The van der Waals surface area contributed by atoms with Crippen molar-refractivity contribution in [2.45, 2.75) is 116 Å². The smallest absolute Gasteiger partial charge is 0.410 e. The minimum atomic E-state index is -0.349. The first-order valence-corrected chi connectivity index (χ1v) is 18.0. The molecule has 1 aromatic heterocycles. The van der Waals surface area contributed by atoms with E-state index in [1.165, 1.54) is 50.7 Å². The van der Waals surface area contributed by atoms with Gasteiger partial charge in [-0.05, 0) is 83.1 Å². The highest BCUT2D eigenvalue weighted by Crippen LogP contribution is 2.44. The fourth-order valence-corrected chi connectivity index (χ4v) is 8.85. The fourth-order valence-electron chi connectivity index (χ4n) is 8.85. The van der Waals surface area contributed by atoms with Crippen LogP contribution in [0, 0.1) is 31.5 Å². The molecule has 1 saturated carbocycles. The van der Waals surface area contributed by atoms with Gasteiger partial charge in [-0.15, -0.1) is 0 Å². The van der Waals surface area contributed by atoms with Crippen LogP contribution in [-0.2, 0) is 4.74 Å². The third-order valence-corrected chi connectivity index (χ3v) is 11.9. The number of carbonyl (C=O) groups is 2. The van der Waals surface area contributed by atoms with E-state index in [0.717, 1.165) is 76.1 Å². The quantitative estimate of drug-likeness (QED) is 0.305. The van der Waals surface area contributed by atoms with Crippen LogP contribution in [0.15, 0.2) is 24.3 Å². The van der Waals surface area contributed by atoms with Gasteiger partial charge in [0.2, 0.25) is 0 Å². The molecule has 1 unspecified atom stereocenters. The van der Waals surface area contributed by atoms with E-state index < -0.39 is 0 Å². The Morgan fingerprint density at radius 1 is 1.00 bits per heavy atom. The number of likely N-dealkylation sites (tertiary alicyclic amines) is 2. The molecule has 8 nitrogen and oxygen atoms in total. The van der Waals surface area contributed by atoms with Crippen molar-refractivity contribution in [1.82, 2.24) is 24.5 Å². The van der Waals surface area contributed by atoms with Crippen LogP contribution in [0.1, 0.15) is 113 Å². The molecule has 1 aromatic carbocycles. The van der Waals surface area contributed by atoms with Crippen molar-refractivity contribution in [3.8, 4) is 5.69 Å². The normalized spacial score (nSPS) is 23.9. The minimum absolute atomic E-state index is 0.00534. The summed E-state index contributed by atoms with van der Waals surface area (Å²) in [6.07, 6.45) is 13.4. The van der Waals surface area contributed by atoms with Gasteiger partial charge in [-0.1, -0.05) is 39.0 Å². The Hall–Kier alpha value is -2.94. The molecule has 4 heterocycles. The van der Waals surface area contributed by atoms with Crippen molar-refractivity contribution in [2.75, 3.05) is 39.3 Å². The molecule has 0 bridgehead atoms. The summed E-state index contributed by atoms with van der Waals surface area (Å²) in [6.45, 7) is 13.3. The molecule has 1 spiro atoms.